The van der Waals surface area contributed by atoms with Gasteiger partial charge in [0.1, 0.15) is 0 Å². The van der Waals surface area contributed by atoms with Crippen molar-refractivity contribution in [1.82, 2.24) is 4.98 Å². The molecule has 6 nitrogen and oxygen atoms in total. The molecule has 0 saturated carbocycles. The molecule has 0 amide bonds. The first kappa shape index (κ1) is 16.2. The number of rotatable bonds is 5. The molecule has 0 atom stereocenters. The molecule has 0 saturated heterocycles. The van der Waals surface area contributed by atoms with Crippen molar-refractivity contribution in [3.05, 3.63) is 40.1 Å². The molecule has 7 heteroatoms. The van der Waals surface area contributed by atoms with Gasteiger partial charge < -0.3 is 9.15 Å². The third-order valence-corrected chi connectivity index (χ3v) is 4.32. The molecule has 0 bridgehead atoms. The number of ether oxygens (including phenoxy) is 1. The number of para-hydroxylation sites is 1. The fourth-order valence-corrected chi connectivity index (χ4v) is 2.78. The van der Waals surface area contributed by atoms with Gasteiger partial charge in [-0.2, -0.15) is 5.10 Å². The number of benzene rings is 1. The molecule has 2 heterocycles. The van der Waals surface area contributed by atoms with Crippen LogP contribution in [0.1, 0.15) is 20.3 Å². The minimum Gasteiger partial charge on any atom is -0.493 e. The second kappa shape index (κ2) is 6.84. The van der Waals surface area contributed by atoms with E-state index < -0.39 is 5.63 Å². The zero-order chi connectivity index (χ0) is 17.1. The number of hydrogen-bond acceptors (Lipinski definition) is 7. The van der Waals surface area contributed by atoms with Crippen molar-refractivity contribution in [2.75, 3.05) is 12.5 Å². The normalized spacial score (nSPS) is 11.7. The van der Waals surface area contributed by atoms with Crippen LogP contribution in [0, 0.1) is 0 Å². The van der Waals surface area contributed by atoms with E-state index in [4.69, 9.17) is 9.15 Å². The highest BCUT2D eigenvalue weighted by Crippen LogP contribution is 2.29. The van der Waals surface area contributed by atoms with E-state index in [-0.39, 0.29) is 0 Å². The monoisotopic (exact) mass is 343 g/mol. The molecular weight excluding hydrogens is 326 g/mol. The van der Waals surface area contributed by atoms with Gasteiger partial charge in [0.2, 0.25) is 5.13 Å². The lowest BCUT2D eigenvalue weighted by Crippen LogP contribution is -2.03. The number of nitrogens with zero attached hydrogens (tertiary/aromatic N) is 2. The first-order chi connectivity index (χ1) is 11.6. The molecule has 1 N–H and O–H groups in total. The molecule has 0 aliphatic carbocycles. The topological polar surface area (TPSA) is 76.7 Å². The summed E-state index contributed by atoms with van der Waals surface area (Å²) in [4.78, 5) is 16.7. The van der Waals surface area contributed by atoms with Crippen LogP contribution >= 0.6 is 11.3 Å². The molecule has 3 aromatic rings. The van der Waals surface area contributed by atoms with Crippen molar-refractivity contribution in [2.24, 2.45) is 5.10 Å². The van der Waals surface area contributed by atoms with Crippen LogP contribution in [-0.2, 0) is 0 Å². The summed E-state index contributed by atoms with van der Waals surface area (Å²) in [6.07, 6.45) is 0.862. The van der Waals surface area contributed by atoms with Gasteiger partial charge in [0, 0.05) is 16.5 Å². The minimum absolute atomic E-state index is 0.413. The summed E-state index contributed by atoms with van der Waals surface area (Å²) in [5.41, 5.74) is 4.84. The summed E-state index contributed by atoms with van der Waals surface area (Å²) in [6, 6.07) is 7.24. The summed E-state index contributed by atoms with van der Waals surface area (Å²) < 4.78 is 10.7. The number of aromatic nitrogens is 1. The molecule has 0 fully saturated rings. The van der Waals surface area contributed by atoms with Gasteiger partial charge in [-0.05, 0) is 25.5 Å². The number of nitrogens with one attached hydrogen (secondary N) is 1. The number of methoxy groups -OCH3 is 1. The van der Waals surface area contributed by atoms with Crippen LogP contribution in [0.4, 0.5) is 5.13 Å². The SMILES string of the molecule is CC/C(C)=N\Nc1nc(-c2cc3cccc(OC)c3oc2=O)cs1. The van der Waals surface area contributed by atoms with E-state index in [9.17, 15) is 4.79 Å². The van der Waals surface area contributed by atoms with Gasteiger partial charge >= 0.3 is 5.63 Å². The zero-order valence-corrected chi connectivity index (χ0v) is 14.4. The number of fused-ring (bicyclic) bond motifs is 1. The lowest BCUT2D eigenvalue weighted by atomic mass is 10.1. The number of anilines is 1. The van der Waals surface area contributed by atoms with Gasteiger partial charge in [-0.15, -0.1) is 11.3 Å². The van der Waals surface area contributed by atoms with Crippen molar-refractivity contribution in [1.29, 1.82) is 0 Å². The summed E-state index contributed by atoms with van der Waals surface area (Å²) in [5.74, 6) is 0.529. The van der Waals surface area contributed by atoms with E-state index in [0.717, 1.165) is 17.5 Å². The number of hydrogen-bond donors (Lipinski definition) is 1. The van der Waals surface area contributed by atoms with E-state index in [1.54, 1.807) is 24.6 Å². The van der Waals surface area contributed by atoms with Gasteiger partial charge in [0.25, 0.3) is 0 Å². The van der Waals surface area contributed by atoms with Crippen molar-refractivity contribution in [2.45, 2.75) is 20.3 Å². The Kier molecular flexibility index (Phi) is 4.61. The summed E-state index contributed by atoms with van der Waals surface area (Å²) >= 11 is 1.38. The van der Waals surface area contributed by atoms with E-state index in [0.29, 0.717) is 27.7 Å². The lowest BCUT2D eigenvalue weighted by molar-refractivity contribution is 0.407. The summed E-state index contributed by atoms with van der Waals surface area (Å²) in [6.45, 7) is 3.97. The molecule has 0 spiro atoms. The maximum absolute atomic E-state index is 12.3. The maximum atomic E-state index is 12.3. The second-order valence-corrected chi connectivity index (χ2v) is 6.03. The molecule has 1 aromatic carbocycles. The van der Waals surface area contributed by atoms with E-state index >= 15 is 0 Å². The fraction of sp³-hybridized carbons (Fsp3) is 0.235. The summed E-state index contributed by atoms with van der Waals surface area (Å²) in [5, 5.41) is 7.43. The molecule has 0 aliphatic heterocycles. The first-order valence-corrected chi connectivity index (χ1v) is 8.36. The Morgan fingerprint density at radius 2 is 2.29 bits per heavy atom. The van der Waals surface area contributed by atoms with Crippen LogP contribution in [0.2, 0.25) is 0 Å². The Labute approximate surface area is 142 Å². The maximum Gasteiger partial charge on any atom is 0.345 e. The van der Waals surface area contributed by atoms with Crippen LogP contribution in [0.15, 0.2) is 44.0 Å². The zero-order valence-electron chi connectivity index (χ0n) is 13.6. The van der Waals surface area contributed by atoms with Gasteiger partial charge in [0.15, 0.2) is 11.3 Å². The van der Waals surface area contributed by atoms with Gasteiger partial charge in [-0.1, -0.05) is 19.1 Å². The van der Waals surface area contributed by atoms with Crippen molar-refractivity contribution in [3.8, 4) is 17.0 Å². The molecule has 124 valence electrons. The van der Waals surface area contributed by atoms with Crippen molar-refractivity contribution in [3.63, 3.8) is 0 Å². The van der Waals surface area contributed by atoms with Gasteiger partial charge in [-0.3, -0.25) is 5.43 Å². The van der Waals surface area contributed by atoms with Gasteiger partial charge in [0.05, 0.1) is 18.4 Å². The van der Waals surface area contributed by atoms with Gasteiger partial charge in [-0.25, -0.2) is 9.78 Å². The molecule has 0 unspecified atom stereocenters. The van der Waals surface area contributed by atoms with Crippen LogP contribution < -0.4 is 15.8 Å². The van der Waals surface area contributed by atoms with E-state index in [1.165, 1.54) is 11.3 Å². The van der Waals surface area contributed by atoms with E-state index in [2.05, 4.69) is 15.5 Å². The molecule has 3 rings (SSSR count). The Balaban J connectivity index is 2.00. The van der Waals surface area contributed by atoms with E-state index in [1.807, 2.05) is 26.0 Å². The number of hydrazone groups is 1. The third-order valence-electron chi connectivity index (χ3n) is 3.58. The molecule has 0 radical (unpaired) electrons. The fourth-order valence-electron chi connectivity index (χ4n) is 2.13. The largest absolute Gasteiger partial charge is 0.493 e. The standard InChI is InChI=1S/C17H17N3O3S/c1-4-10(2)19-20-17-18-13(9-24-17)12-8-11-6-5-7-14(22-3)15(11)23-16(12)21/h5-9H,4H2,1-3H3,(H,18,20)/b19-10-. The van der Waals surface area contributed by atoms with Crippen LogP contribution in [-0.4, -0.2) is 17.8 Å². The first-order valence-electron chi connectivity index (χ1n) is 7.48. The predicted molar refractivity (Wildman–Crippen MR) is 97.2 cm³/mol. The minimum atomic E-state index is -0.447. The third kappa shape index (κ3) is 3.16. The summed E-state index contributed by atoms with van der Waals surface area (Å²) in [7, 11) is 1.54. The highest BCUT2D eigenvalue weighted by atomic mass is 32.1. The smallest absolute Gasteiger partial charge is 0.345 e. The molecule has 0 aliphatic rings. The number of thiazole rings is 1. The predicted octanol–water partition coefficient (Wildman–Crippen LogP) is 4.12. The molecule has 2 aromatic heterocycles. The van der Waals surface area contributed by atoms with Crippen molar-refractivity contribution < 1.29 is 9.15 Å². The molecule has 24 heavy (non-hydrogen) atoms. The Hall–Kier alpha value is -2.67. The van der Waals surface area contributed by atoms with Crippen LogP contribution in [0.5, 0.6) is 5.75 Å². The van der Waals surface area contributed by atoms with Crippen LogP contribution in [0.25, 0.3) is 22.2 Å². The average Bonchev–Trinajstić information content (AvgIpc) is 3.07. The average molecular weight is 343 g/mol. The second-order valence-electron chi connectivity index (χ2n) is 5.18. The van der Waals surface area contributed by atoms with Crippen LogP contribution in [0.3, 0.4) is 0 Å². The molecular formula is C17H17N3O3S. The highest BCUT2D eigenvalue weighted by molar-refractivity contribution is 7.14. The quantitative estimate of drug-likeness (QED) is 0.428. The highest BCUT2D eigenvalue weighted by Gasteiger charge is 2.13. The Morgan fingerprint density at radius 1 is 1.46 bits per heavy atom. The van der Waals surface area contributed by atoms with Crippen molar-refractivity contribution >= 4 is 33.1 Å². The Morgan fingerprint density at radius 3 is 3.04 bits per heavy atom. The lowest BCUT2D eigenvalue weighted by Gasteiger charge is -2.04. The Bertz CT molecular complexity index is 959.